The Hall–Kier alpha value is -3.92. The first-order chi connectivity index (χ1) is 26.5. The van der Waals surface area contributed by atoms with Crippen molar-refractivity contribution in [1.29, 1.82) is 0 Å². The number of ketones is 2. The molecule has 3 aromatic rings. The number of fused-ring (bicyclic) bond motifs is 2. The SMILES string of the molecule is Cc1cc(C)c(SN(CCO)CCO)c(C)c1Nc1cc(OC2=CC(C)(SN(CCO)CCO)C=C(C(C)(C)C)C=C2)c(N)c2c1C(=O)c1ccccc1C2=O. The number of ether oxygens (including phenoxy) is 1. The van der Waals surface area contributed by atoms with Gasteiger partial charge in [0.1, 0.15) is 5.76 Å². The van der Waals surface area contributed by atoms with E-state index >= 15 is 0 Å². The van der Waals surface area contributed by atoms with E-state index in [1.807, 2.05) is 60.6 Å². The maximum Gasteiger partial charge on any atom is 0.196 e. The molecule has 1 unspecified atom stereocenters. The van der Waals surface area contributed by atoms with Gasteiger partial charge in [0.25, 0.3) is 0 Å². The highest BCUT2D eigenvalue weighted by Crippen LogP contribution is 2.45. The number of carbonyl (C=O) groups excluding carboxylic acids is 2. The zero-order valence-electron chi connectivity index (χ0n) is 33.2. The predicted molar refractivity (Wildman–Crippen MR) is 227 cm³/mol. The summed E-state index contributed by atoms with van der Waals surface area (Å²) in [5, 5.41) is 42.4. The summed E-state index contributed by atoms with van der Waals surface area (Å²) in [6, 6.07) is 10.4. The Morgan fingerprint density at radius 2 is 1.38 bits per heavy atom. The van der Waals surface area contributed by atoms with Crippen LogP contribution in [0.25, 0.3) is 0 Å². The van der Waals surface area contributed by atoms with E-state index in [4.69, 9.17) is 10.5 Å². The molecule has 0 aliphatic heterocycles. The summed E-state index contributed by atoms with van der Waals surface area (Å²) in [6.07, 6.45) is 7.95. The molecule has 56 heavy (non-hydrogen) atoms. The number of benzene rings is 3. The normalized spacial score (nSPS) is 16.8. The third-order valence-corrected chi connectivity index (χ3v) is 12.4. The van der Waals surface area contributed by atoms with Gasteiger partial charge in [0.2, 0.25) is 0 Å². The van der Waals surface area contributed by atoms with E-state index in [-0.39, 0.29) is 77.1 Å². The van der Waals surface area contributed by atoms with E-state index in [0.29, 0.717) is 37.6 Å². The molecule has 0 saturated carbocycles. The fraction of sp³-hybridized carbons (Fsp3) is 0.395. The van der Waals surface area contributed by atoms with Crippen molar-refractivity contribution in [2.45, 2.75) is 58.1 Å². The molecule has 3 aromatic carbocycles. The Morgan fingerprint density at radius 3 is 1.95 bits per heavy atom. The number of aliphatic hydroxyl groups excluding tert-OH is 4. The highest BCUT2D eigenvalue weighted by molar-refractivity contribution is 7.98. The van der Waals surface area contributed by atoms with Crippen molar-refractivity contribution in [3.8, 4) is 5.75 Å². The number of carbonyl (C=O) groups is 2. The van der Waals surface area contributed by atoms with Crippen molar-refractivity contribution in [3.05, 3.63) is 111 Å². The summed E-state index contributed by atoms with van der Waals surface area (Å²) >= 11 is 2.91. The lowest BCUT2D eigenvalue weighted by Gasteiger charge is -2.31. The van der Waals surface area contributed by atoms with E-state index in [1.165, 1.54) is 23.9 Å². The van der Waals surface area contributed by atoms with Crippen molar-refractivity contribution in [1.82, 2.24) is 8.61 Å². The number of aliphatic hydroxyl groups is 4. The number of nitrogen functional groups attached to an aromatic ring is 1. The van der Waals surface area contributed by atoms with Gasteiger partial charge in [-0.1, -0.05) is 75.2 Å². The van der Waals surface area contributed by atoms with Crippen LogP contribution in [0.3, 0.4) is 0 Å². The molecule has 2 aliphatic rings. The second-order valence-electron chi connectivity index (χ2n) is 15.2. The van der Waals surface area contributed by atoms with Crippen LogP contribution in [0, 0.1) is 26.2 Å². The number of allylic oxidation sites excluding steroid dienone is 3. The zero-order chi connectivity index (χ0) is 40.9. The summed E-state index contributed by atoms with van der Waals surface area (Å²) in [6.45, 7) is 15.5. The van der Waals surface area contributed by atoms with Gasteiger partial charge >= 0.3 is 0 Å². The molecule has 0 spiro atoms. The van der Waals surface area contributed by atoms with Crippen LogP contribution in [0.5, 0.6) is 5.75 Å². The number of nitrogens with one attached hydrogen (secondary N) is 1. The van der Waals surface area contributed by atoms with Crippen LogP contribution in [0.4, 0.5) is 17.1 Å². The minimum atomic E-state index is -0.690. The molecule has 0 saturated heterocycles. The Balaban J connectivity index is 1.67. The van der Waals surface area contributed by atoms with Crippen molar-refractivity contribution < 1.29 is 34.8 Å². The Kier molecular flexibility index (Phi) is 14.0. The first-order valence-corrected chi connectivity index (χ1v) is 20.3. The van der Waals surface area contributed by atoms with Crippen LogP contribution in [0.15, 0.2) is 76.9 Å². The van der Waals surface area contributed by atoms with E-state index in [0.717, 1.165) is 32.8 Å². The second kappa shape index (κ2) is 18.1. The van der Waals surface area contributed by atoms with Crippen LogP contribution in [0.2, 0.25) is 0 Å². The minimum absolute atomic E-state index is 0.0368. The van der Waals surface area contributed by atoms with Gasteiger partial charge in [-0.2, -0.15) is 0 Å². The largest absolute Gasteiger partial charge is 0.455 e. The molecule has 1 atom stereocenters. The number of anilines is 3. The lowest BCUT2D eigenvalue weighted by atomic mass is 9.82. The molecule has 0 heterocycles. The molecule has 0 aromatic heterocycles. The molecule has 7 N–H and O–H groups in total. The molecular weight excluding hydrogens is 749 g/mol. The maximum absolute atomic E-state index is 14.3. The fourth-order valence-electron chi connectivity index (χ4n) is 6.98. The van der Waals surface area contributed by atoms with Gasteiger partial charge in [0.15, 0.2) is 17.3 Å². The van der Waals surface area contributed by atoms with Gasteiger partial charge in [-0.15, -0.1) is 0 Å². The van der Waals surface area contributed by atoms with E-state index in [2.05, 4.69) is 32.2 Å². The van der Waals surface area contributed by atoms with Gasteiger partial charge < -0.3 is 36.2 Å². The van der Waals surface area contributed by atoms with E-state index < -0.39 is 4.75 Å². The number of nitrogens with two attached hydrogens (primary N) is 1. The molecular formula is C43H54N4O7S2. The van der Waals surface area contributed by atoms with Gasteiger partial charge in [0.05, 0.1) is 53.7 Å². The molecule has 13 heteroatoms. The lowest BCUT2D eigenvalue weighted by molar-refractivity contribution is 0.0980. The molecule has 300 valence electrons. The molecule has 0 amide bonds. The van der Waals surface area contributed by atoms with Crippen LogP contribution < -0.4 is 15.8 Å². The number of nitrogens with zero attached hydrogens (tertiary/aromatic N) is 2. The van der Waals surface area contributed by atoms with Crippen molar-refractivity contribution in [3.63, 3.8) is 0 Å². The Morgan fingerprint density at radius 1 is 0.804 bits per heavy atom. The van der Waals surface area contributed by atoms with Crippen molar-refractivity contribution in [2.24, 2.45) is 5.41 Å². The van der Waals surface area contributed by atoms with Gasteiger partial charge in [-0.3, -0.25) is 9.59 Å². The average Bonchev–Trinajstić information content (AvgIpc) is 3.30. The van der Waals surface area contributed by atoms with Crippen LogP contribution in [-0.2, 0) is 0 Å². The highest BCUT2D eigenvalue weighted by Gasteiger charge is 2.36. The lowest BCUT2D eigenvalue weighted by Crippen LogP contribution is -2.30. The molecule has 0 radical (unpaired) electrons. The van der Waals surface area contributed by atoms with Crippen LogP contribution >= 0.6 is 23.9 Å². The van der Waals surface area contributed by atoms with Crippen molar-refractivity contribution in [2.75, 3.05) is 63.7 Å². The molecule has 0 fully saturated rings. The van der Waals surface area contributed by atoms with Gasteiger partial charge in [0, 0.05) is 54.0 Å². The predicted octanol–water partition coefficient (Wildman–Crippen LogP) is 6.51. The molecule has 5 rings (SSSR count). The summed E-state index contributed by atoms with van der Waals surface area (Å²) in [4.78, 5) is 29.6. The molecule has 11 nitrogen and oxygen atoms in total. The third kappa shape index (κ3) is 9.43. The van der Waals surface area contributed by atoms with E-state index in [1.54, 1.807) is 30.3 Å². The maximum atomic E-state index is 14.3. The van der Waals surface area contributed by atoms with Crippen molar-refractivity contribution >= 4 is 52.5 Å². The standard InChI is InChI=1S/C43H54N4O7S2/c1-26-22-27(2)41(55-46(14-18-48)15-19-49)28(3)38(26)45-33-23-34(37(44)36-35(33)39(52)31-10-8-9-11-32(31)40(36)53)54-30-13-12-29(42(4,5)6)24-43(7,25-30)56-47(16-20-50)17-21-51/h8-13,22-25,45,48-51H,14-21,44H2,1-7H3. The molecule has 2 aliphatic carbocycles. The average molecular weight is 803 g/mol. The molecule has 0 bridgehead atoms. The fourth-order valence-corrected chi connectivity index (χ4v) is 9.28. The summed E-state index contributed by atoms with van der Waals surface area (Å²) in [7, 11) is 0. The number of rotatable bonds is 16. The van der Waals surface area contributed by atoms with Crippen LogP contribution in [-0.4, -0.2) is 98.0 Å². The second-order valence-corrected chi connectivity index (χ2v) is 17.9. The number of aryl methyl sites for hydroxylation is 2. The first-order valence-electron chi connectivity index (χ1n) is 18.7. The Bertz CT molecular complexity index is 2060. The summed E-state index contributed by atoms with van der Waals surface area (Å²) < 4.78 is 9.80. The zero-order valence-corrected chi connectivity index (χ0v) is 34.9. The highest BCUT2D eigenvalue weighted by atomic mass is 32.2. The topological polar surface area (TPSA) is 169 Å². The Labute approximate surface area is 338 Å². The minimum Gasteiger partial charge on any atom is -0.455 e. The quantitative estimate of drug-likeness (QED) is 0.0537. The summed E-state index contributed by atoms with van der Waals surface area (Å²) in [5.74, 6) is -0.0878. The number of hydrogen-bond acceptors (Lipinski definition) is 13. The number of hydrogen-bond donors (Lipinski definition) is 6. The van der Waals surface area contributed by atoms with Gasteiger partial charge in [-0.05, 0) is 79.5 Å². The smallest absolute Gasteiger partial charge is 0.196 e. The summed E-state index contributed by atoms with van der Waals surface area (Å²) in [5.41, 5.74) is 12.4. The van der Waals surface area contributed by atoms with E-state index in [9.17, 15) is 30.0 Å². The third-order valence-electron chi connectivity index (χ3n) is 9.70. The van der Waals surface area contributed by atoms with Crippen LogP contribution in [0.1, 0.15) is 76.2 Å². The van der Waals surface area contributed by atoms with Gasteiger partial charge in [-0.25, -0.2) is 8.61 Å². The first kappa shape index (κ1) is 43.2. The monoisotopic (exact) mass is 802 g/mol.